The Kier molecular flexibility index (Phi) is 16.4. The summed E-state index contributed by atoms with van der Waals surface area (Å²) in [5.41, 5.74) is 6.55. The zero-order chi connectivity index (χ0) is 33.1. The van der Waals surface area contributed by atoms with Crippen LogP contribution in [0.15, 0.2) is 58.5 Å². The minimum atomic E-state index is -0.997. The molecule has 12 nitrogen and oxygen atoms in total. The molecule has 0 saturated heterocycles. The summed E-state index contributed by atoms with van der Waals surface area (Å²) >= 11 is 0. The lowest BCUT2D eigenvalue weighted by Crippen LogP contribution is -2.38. The van der Waals surface area contributed by atoms with Gasteiger partial charge in [0.1, 0.15) is 6.10 Å². The zero-order valence-electron chi connectivity index (χ0n) is 27.4. The molecule has 5 N–H and O–H groups in total. The summed E-state index contributed by atoms with van der Waals surface area (Å²) in [6.45, 7) is 8.09. The van der Waals surface area contributed by atoms with Crippen LogP contribution in [0.1, 0.15) is 40.5 Å². The number of ether oxygens (including phenoxy) is 3. The molecular weight excluding hydrogens is 604 g/mol. The summed E-state index contributed by atoms with van der Waals surface area (Å²) < 4.78 is 16.6. The second-order valence-corrected chi connectivity index (χ2v) is 11.7. The molecule has 0 aromatic heterocycles. The molecule has 0 spiro atoms. The summed E-state index contributed by atoms with van der Waals surface area (Å²) in [5.74, 6) is -2.06. The largest absolute Gasteiger partial charge is 0.439 e. The number of amides is 2. The number of carbonyl (C=O) groups is 4. The number of nitrogens with zero attached hydrogens (tertiary/aromatic N) is 1. The maximum absolute atomic E-state index is 13.7. The molecule has 0 radical (unpaired) electrons. The number of rotatable bonds is 7. The van der Waals surface area contributed by atoms with Gasteiger partial charge in [-0.1, -0.05) is 38.2 Å². The second kappa shape index (κ2) is 18.6. The molecule has 0 saturated carbocycles. The van der Waals surface area contributed by atoms with E-state index in [1.54, 1.807) is 32.1 Å². The maximum atomic E-state index is 13.7. The van der Waals surface area contributed by atoms with Crippen LogP contribution >= 0.6 is 12.4 Å². The van der Waals surface area contributed by atoms with Crippen LogP contribution in [0.5, 0.6) is 0 Å². The first-order valence-corrected chi connectivity index (χ1v) is 14.7. The highest BCUT2D eigenvalue weighted by Crippen LogP contribution is 2.28. The molecule has 0 fully saturated rings. The number of Topliss-reactive ketones (excluding diaryl/α,β-unsaturated/α-hetero) is 1. The first-order valence-electron chi connectivity index (χ1n) is 14.7. The highest BCUT2D eigenvalue weighted by molar-refractivity contribution is 6.23. The Morgan fingerprint density at radius 2 is 1.82 bits per heavy atom. The molecule has 2 rings (SSSR count). The number of hydrogen-bond acceptors (Lipinski definition) is 10. The number of nitrogens with one attached hydrogen (secondary N) is 2. The number of halogens is 1. The van der Waals surface area contributed by atoms with Crippen molar-refractivity contribution in [2.24, 2.45) is 17.6 Å². The summed E-state index contributed by atoms with van der Waals surface area (Å²) in [7, 11) is 6.74. The lowest BCUT2D eigenvalue weighted by atomic mass is 9.85. The van der Waals surface area contributed by atoms with Gasteiger partial charge in [0.2, 0.25) is 11.6 Å². The van der Waals surface area contributed by atoms with Crippen molar-refractivity contribution in [3.05, 3.63) is 58.5 Å². The van der Waals surface area contributed by atoms with Gasteiger partial charge in [0.05, 0.1) is 23.6 Å². The van der Waals surface area contributed by atoms with Crippen molar-refractivity contribution < 1.29 is 38.5 Å². The molecule has 1 heterocycles. The number of aliphatic hydroxyl groups is 1. The number of primary amides is 1. The van der Waals surface area contributed by atoms with E-state index in [4.69, 9.17) is 19.9 Å². The number of fused-ring (bicyclic) bond motifs is 2. The smallest absolute Gasteiger partial charge is 0.405 e. The molecule has 2 bridgehead atoms. The minimum absolute atomic E-state index is 0. The average molecular weight is 653 g/mol. The third kappa shape index (κ3) is 11.5. The number of hydrogen-bond donors (Lipinski definition) is 4. The van der Waals surface area contributed by atoms with E-state index in [-0.39, 0.29) is 47.3 Å². The van der Waals surface area contributed by atoms with Crippen molar-refractivity contribution in [2.45, 2.75) is 65.0 Å². The van der Waals surface area contributed by atoms with Gasteiger partial charge in [0, 0.05) is 50.4 Å². The van der Waals surface area contributed by atoms with E-state index in [2.05, 4.69) is 10.6 Å². The van der Waals surface area contributed by atoms with Gasteiger partial charge in [-0.05, 0) is 52.3 Å². The number of allylic oxidation sites excluding steroid dienone is 4. The Morgan fingerprint density at radius 1 is 1.16 bits per heavy atom. The van der Waals surface area contributed by atoms with Gasteiger partial charge >= 0.3 is 6.09 Å². The number of ketones is 2. The topological polar surface area (TPSA) is 170 Å². The Labute approximate surface area is 272 Å². The quantitative estimate of drug-likeness (QED) is 0.237. The summed E-state index contributed by atoms with van der Waals surface area (Å²) in [6, 6.07) is 0. The van der Waals surface area contributed by atoms with E-state index in [0.29, 0.717) is 25.1 Å². The highest BCUT2D eigenvalue weighted by atomic mass is 35.5. The second-order valence-electron chi connectivity index (χ2n) is 11.7. The Balaban J connectivity index is 0.0000101. The van der Waals surface area contributed by atoms with E-state index in [0.717, 1.165) is 6.08 Å². The van der Waals surface area contributed by atoms with Crippen molar-refractivity contribution in [3.8, 4) is 0 Å². The van der Waals surface area contributed by atoms with E-state index in [1.165, 1.54) is 20.3 Å². The van der Waals surface area contributed by atoms with Gasteiger partial charge in [0.15, 0.2) is 6.10 Å². The van der Waals surface area contributed by atoms with Gasteiger partial charge in [-0.15, -0.1) is 12.4 Å². The zero-order valence-corrected chi connectivity index (χ0v) is 28.2. The number of carbonyl (C=O) groups excluding carboxylic acids is 4. The normalized spacial score (nSPS) is 30.3. The lowest BCUT2D eigenvalue weighted by Gasteiger charge is -2.30. The molecule has 0 aromatic rings. The average Bonchev–Trinajstić information content (AvgIpc) is 2.95. The van der Waals surface area contributed by atoms with Crippen LogP contribution in [0.25, 0.3) is 0 Å². The molecular formula is C32H49ClN4O8. The monoisotopic (exact) mass is 652 g/mol. The van der Waals surface area contributed by atoms with Crippen LogP contribution in [0.4, 0.5) is 4.79 Å². The third-order valence-corrected chi connectivity index (χ3v) is 7.65. The first-order chi connectivity index (χ1) is 20.7. The predicted octanol–water partition coefficient (Wildman–Crippen LogP) is 2.34. The Bertz CT molecular complexity index is 1240. The van der Waals surface area contributed by atoms with Crippen molar-refractivity contribution >= 4 is 36.0 Å². The predicted molar refractivity (Wildman–Crippen MR) is 173 cm³/mol. The number of aliphatic hydroxyl groups excluding tert-OH is 1. The van der Waals surface area contributed by atoms with E-state index in [9.17, 15) is 24.3 Å². The Hall–Kier alpha value is -3.29. The fraction of sp³-hybridized carbons (Fsp3) is 0.562. The highest BCUT2D eigenvalue weighted by Gasteiger charge is 2.33. The van der Waals surface area contributed by atoms with Gasteiger partial charge < -0.3 is 40.6 Å². The van der Waals surface area contributed by atoms with Gasteiger partial charge in [0.25, 0.3) is 5.91 Å². The van der Waals surface area contributed by atoms with Crippen molar-refractivity contribution in [1.29, 1.82) is 0 Å². The molecule has 252 valence electrons. The summed E-state index contributed by atoms with van der Waals surface area (Å²) in [5, 5.41) is 17.0. The van der Waals surface area contributed by atoms with Crippen molar-refractivity contribution in [1.82, 2.24) is 15.5 Å². The maximum Gasteiger partial charge on any atom is 0.405 e. The summed E-state index contributed by atoms with van der Waals surface area (Å²) in [4.78, 5) is 53.7. The van der Waals surface area contributed by atoms with E-state index < -0.39 is 53.9 Å². The van der Waals surface area contributed by atoms with Crippen LogP contribution in [-0.2, 0) is 28.6 Å². The minimum Gasteiger partial charge on any atom is -0.439 e. The van der Waals surface area contributed by atoms with Gasteiger partial charge in [-0.2, -0.15) is 0 Å². The van der Waals surface area contributed by atoms with Crippen molar-refractivity contribution in [3.63, 3.8) is 0 Å². The Morgan fingerprint density at radius 3 is 2.40 bits per heavy atom. The van der Waals surface area contributed by atoms with Gasteiger partial charge in [-0.25, -0.2) is 4.79 Å². The van der Waals surface area contributed by atoms with Crippen LogP contribution < -0.4 is 16.4 Å². The molecule has 1 aliphatic carbocycles. The van der Waals surface area contributed by atoms with Crippen LogP contribution in [0.3, 0.4) is 0 Å². The van der Waals surface area contributed by atoms with Crippen LogP contribution in [0, 0.1) is 11.8 Å². The number of methoxy groups -OCH3 is 2. The third-order valence-electron chi connectivity index (χ3n) is 7.65. The van der Waals surface area contributed by atoms with Crippen molar-refractivity contribution in [2.75, 3.05) is 41.4 Å². The molecule has 2 aliphatic rings. The fourth-order valence-electron chi connectivity index (χ4n) is 5.18. The van der Waals surface area contributed by atoms with Crippen LogP contribution in [0.2, 0.25) is 0 Å². The van der Waals surface area contributed by atoms with Gasteiger partial charge in [-0.3, -0.25) is 14.4 Å². The molecule has 45 heavy (non-hydrogen) atoms. The first kappa shape index (κ1) is 39.7. The molecule has 13 heteroatoms. The lowest BCUT2D eigenvalue weighted by molar-refractivity contribution is -0.120. The summed E-state index contributed by atoms with van der Waals surface area (Å²) in [6.07, 6.45) is 3.88. The fourth-order valence-corrected chi connectivity index (χ4v) is 5.18. The molecule has 0 aromatic carbocycles. The molecule has 0 unspecified atom stereocenters. The standard InChI is InChI=1S/C32H48N4O8.ClH/c1-18-14-22-27(34-12-13-36(5)6)24(37)17-23(29(22)39)35-31(40)19(2)10-9-11-25(42-7)30(44-32(33)41)21(4)16-20(3)28(38)26(15-18)43-8;/h9-11,16-18,20,25-26,28,30,34,38H,12-15H2,1-8H3,(H2,33,41)(H,35,40);1H/b11-9-,19-10-,21-16+;/t18-,20+,25+,26+,28-,30+;/m1./s1. The molecule has 6 atom stereocenters. The van der Waals surface area contributed by atoms with Crippen LogP contribution in [-0.4, -0.2) is 99.4 Å². The molecule has 2 amide bonds. The number of nitrogens with two attached hydrogens (primary N) is 1. The van der Waals surface area contributed by atoms with E-state index >= 15 is 0 Å². The number of likely N-dealkylation sites (N-methyl/N-ethyl adjacent to an activating group) is 1. The van der Waals surface area contributed by atoms with E-state index in [1.807, 2.05) is 32.8 Å². The SMILES string of the molecule is CO[C@H]1/C=C\C=C(\C)C(=O)NC2=CC(=O)C(NCCN(C)C)=C(C[C@@H](C)C[C@H](OC)[C@H](O)[C@@H](C)/C=C(\C)[C@@H]1OC(N)=O)C2=O.Cl. The molecule has 1 aliphatic heterocycles.